The van der Waals surface area contributed by atoms with E-state index in [1.165, 1.54) is 6.20 Å². The number of pyridine rings is 1. The first-order chi connectivity index (χ1) is 9.69. The summed E-state index contributed by atoms with van der Waals surface area (Å²) in [5, 5.41) is 9.34. The molecule has 0 spiro atoms. The number of carbonyl (C=O) groups is 1. The standard InChI is InChI=1S/C15H10N2O2S/c1-20-17-15(19)13-7-12(9-16-10-13)6-5-11-3-2-4-14(18)8-11/h2-4,7-10,18H,1H2. The summed E-state index contributed by atoms with van der Waals surface area (Å²) >= 11 is 0.856. The van der Waals surface area contributed by atoms with E-state index in [9.17, 15) is 9.90 Å². The number of aromatic hydroxyl groups is 1. The lowest BCUT2D eigenvalue weighted by Gasteiger charge is -1.95. The second-order valence-electron chi connectivity index (χ2n) is 3.79. The smallest absolute Gasteiger partial charge is 0.289 e. The number of hydrogen-bond donors (Lipinski definition) is 1. The van der Waals surface area contributed by atoms with Gasteiger partial charge in [-0.2, -0.15) is 4.36 Å². The molecule has 2 aromatic rings. The van der Waals surface area contributed by atoms with E-state index in [4.69, 9.17) is 0 Å². The number of aromatic nitrogens is 1. The van der Waals surface area contributed by atoms with Gasteiger partial charge in [-0.15, -0.1) is 0 Å². The van der Waals surface area contributed by atoms with Crippen LogP contribution in [0.4, 0.5) is 0 Å². The molecule has 0 saturated heterocycles. The third-order valence-electron chi connectivity index (χ3n) is 2.33. The maximum absolute atomic E-state index is 11.6. The van der Waals surface area contributed by atoms with E-state index in [0.717, 1.165) is 11.1 Å². The largest absolute Gasteiger partial charge is 0.508 e. The molecule has 1 aromatic carbocycles. The minimum atomic E-state index is -0.390. The van der Waals surface area contributed by atoms with Gasteiger partial charge in [-0.25, -0.2) is 0 Å². The van der Waals surface area contributed by atoms with Crippen LogP contribution in [0.2, 0.25) is 0 Å². The van der Waals surface area contributed by atoms with Gasteiger partial charge in [0, 0.05) is 23.5 Å². The van der Waals surface area contributed by atoms with E-state index in [2.05, 4.69) is 27.1 Å². The van der Waals surface area contributed by atoms with Gasteiger partial charge >= 0.3 is 0 Å². The van der Waals surface area contributed by atoms with Gasteiger partial charge in [0.15, 0.2) is 0 Å². The lowest BCUT2D eigenvalue weighted by atomic mass is 10.1. The topological polar surface area (TPSA) is 62.5 Å². The molecule has 0 unspecified atom stereocenters. The van der Waals surface area contributed by atoms with E-state index >= 15 is 0 Å². The van der Waals surface area contributed by atoms with Gasteiger partial charge in [0.1, 0.15) is 5.75 Å². The number of nitrogens with zero attached hydrogens (tertiary/aromatic N) is 2. The van der Waals surface area contributed by atoms with E-state index in [-0.39, 0.29) is 5.75 Å². The average Bonchev–Trinajstić information content (AvgIpc) is 2.46. The van der Waals surface area contributed by atoms with Gasteiger partial charge in [0.05, 0.1) is 5.56 Å². The summed E-state index contributed by atoms with van der Waals surface area (Å²) in [5.74, 6) is 8.96. The summed E-state index contributed by atoms with van der Waals surface area (Å²) in [6, 6.07) is 8.24. The number of amides is 1. The predicted molar refractivity (Wildman–Crippen MR) is 79.6 cm³/mol. The Kier molecular flexibility index (Phi) is 4.43. The van der Waals surface area contributed by atoms with Crippen LogP contribution < -0.4 is 0 Å². The Morgan fingerprint density at radius 3 is 2.80 bits per heavy atom. The zero-order valence-corrected chi connectivity index (χ0v) is 11.2. The van der Waals surface area contributed by atoms with E-state index in [0.29, 0.717) is 16.7 Å². The van der Waals surface area contributed by atoms with Crippen molar-refractivity contribution in [3.63, 3.8) is 0 Å². The summed E-state index contributed by atoms with van der Waals surface area (Å²) in [5.41, 5.74) is 1.65. The molecule has 2 rings (SSSR count). The average molecular weight is 282 g/mol. The first kappa shape index (κ1) is 13.7. The zero-order valence-electron chi connectivity index (χ0n) is 10.4. The van der Waals surface area contributed by atoms with Crippen LogP contribution in [0.15, 0.2) is 47.1 Å². The van der Waals surface area contributed by atoms with Gasteiger partial charge < -0.3 is 5.11 Å². The van der Waals surface area contributed by atoms with Crippen molar-refractivity contribution in [3.8, 4) is 17.6 Å². The van der Waals surface area contributed by atoms with Crippen LogP contribution in [0.25, 0.3) is 0 Å². The molecule has 0 bridgehead atoms. The maximum atomic E-state index is 11.6. The summed E-state index contributed by atoms with van der Waals surface area (Å²) in [7, 11) is 0. The molecule has 5 heteroatoms. The van der Waals surface area contributed by atoms with Crippen LogP contribution in [0.5, 0.6) is 5.75 Å². The Morgan fingerprint density at radius 2 is 2.05 bits per heavy atom. The molecule has 0 aliphatic heterocycles. The number of carbonyl (C=O) groups excluding carboxylic acids is 1. The summed E-state index contributed by atoms with van der Waals surface area (Å²) in [6.45, 7) is 0. The molecule has 1 N–H and O–H groups in total. The molecule has 1 amide bonds. The molecule has 0 fully saturated rings. The molecule has 20 heavy (non-hydrogen) atoms. The van der Waals surface area contributed by atoms with Crippen molar-refractivity contribution in [2.24, 2.45) is 4.36 Å². The first-order valence-corrected chi connectivity index (χ1v) is 6.56. The minimum absolute atomic E-state index is 0.158. The van der Waals surface area contributed by atoms with Gasteiger partial charge in [-0.05, 0) is 41.3 Å². The number of hydrogen-bond acceptors (Lipinski definition) is 3. The summed E-state index contributed by atoms with van der Waals surface area (Å²) in [6.07, 6.45) is 2.99. The third kappa shape index (κ3) is 3.64. The molecule has 0 aliphatic rings. The van der Waals surface area contributed by atoms with Crippen molar-refractivity contribution in [1.82, 2.24) is 4.98 Å². The molecule has 0 radical (unpaired) electrons. The van der Waals surface area contributed by atoms with Crippen LogP contribution in [0.1, 0.15) is 21.5 Å². The maximum Gasteiger partial charge on any atom is 0.289 e. The van der Waals surface area contributed by atoms with Crippen LogP contribution in [-0.2, 0) is 11.1 Å². The molecular weight excluding hydrogens is 272 g/mol. The lowest BCUT2D eigenvalue weighted by molar-refractivity contribution is 0.101. The molecule has 4 nitrogen and oxygen atoms in total. The Hall–Kier alpha value is -2.71. The number of benzene rings is 1. The van der Waals surface area contributed by atoms with Gasteiger partial charge in [0.2, 0.25) is 0 Å². The number of phenols is 1. The van der Waals surface area contributed by atoms with Crippen molar-refractivity contribution in [2.75, 3.05) is 0 Å². The fraction of sp³-hybridized carbons (Fsp3) is 0. The van der Waals surface area contributed by atoms with Crippen molar-refractivity contribution in [3.05, 3.63) is 59.4 Å². The fourth-order valence-corrected chi connectivity index (χ4v) is 1.69. The molecule has 1 aromatic heterocycles. The zero-order chi connectivity index (χ0) is 14.4. The molecular formula is C15H10N2O2S. The highest BCUT2D eigenvalue weighted by Crippen LogP contribution is 2.10. The van der Waals surface area contributed by atoms with E-state index < -0.39 is 5.91 Å². The monoisotopic (exact) mass is 282 g/mol. The Labute approximate surface area is 119 Å². The van der Waals surface area contributed by atoms with Gasteiger partial charge in [-0.1, -0.05) is 17.9 Å². The van der Waals surface area contributed by atoms with Crippen molar-refractivity contribution >= 4 is 22.9 Å². The minimum Gasteiger partial charge on any atom is -0.508 e. The Bertz CT molecular complexity index is 769. The molecule has 0 aliphatic carbocycles. The summed E-state index contributed by atoms with van der Waals surface area (Å²) in [4.78, 5) is 15.5. The van der Waals surface area contributed by atoms with Crippen LogP contribution >= 0.6 is 0 Å². The van der Waals surface area contributed by atoms with Crippen LogP contribution in [0.3, 0.4) is 0 Å². The van der Waals surface area contributed by atoms with E-state index in [1.807, 2.05) is 0 Å². The quantitative estimate of drug-likeness (QED) is 0.643. The summed E-state index contributed by atoms with van der Waals surface area (Å²) < 4.78 is 3.61. The second-order valence-corrected chi connectivity index (χ2v) is 4.23. The van der Waals surface area contributed by atoms with Gasteiger partial charge in [-0.3, -0.25) is 9.78 Å². The number of phenolic OH excluding ortho intramolecular Hbond substituents is 1. The molecule has 0 atom stereocenters. The van der Waals surface area contributed by atoms with Crippen molar-refractivity contribution in [1.29, 1.82) is 0 Å². The molecule has 98 valence electrons. The normalized spacial score (nSPS) is 9.20. The SMILES string of the molecule is C=S=NC(=O)c1cncc(C#Cc2cccc(O)c2)c1. The second kappa shape index (κ2) is 6.45. The fourth-order valence-electron chi connectivity index (χ4n) is 1.46. The van der Waals surface area contributed by atoms with Crippen molar-refractivity contribution in [2.45, 2.75) is 0 Å². The third-order valence-corrected chi connectivity index (χ3v) is 2.62. The molecule has 0 saturated carbocycles. The number of rotatable bonds is 1. The highest BCUT2D eigenvalue weighted by Gasteiger charge is 2.03. The van der Waals surface area contributed by atoms with Crippen LogP contribution in [0, 0.1) is 11.8 Å². The lowest BCUT2D eigenvalue weighted by Crippen LogP contribution is -1.95. The van der Waals surface area contributed by atoms with Gasteiger partial charge in [0.25, 0.3) is 5.91 Å². The highest BCUT2D eigenvalue weighted by atomic mass is 32.1. The molecule has 1 heterocycles. The van der Waals surface area contributed by atoms with Crippen LogP contribution in [-0.4, -0.2) is 21.9 Å². The Balaban J connectivity index is 2.29. The van der Waals surface area contributed by atoms with Crippen molar-refractivity contribution < 1.29 is 9.90 Å². The van der Waals surface area contributed by atoms with E-state index in [1.54, 1.807) is 36.5 Å². The highest BCUT2D eigenvalue weighted by molar-refractivity contribution is 7.66. The predicted octanol–water partition coefficient (Wildman–Crippen LogP) is 2.03. The first-order valence-electron chi connectivity index (χ1n) is 5.62. The Morgan fingerprint density at radius 1 is 1.25 bits per heavy atom.